The molecule has 4 heteroatoms. The van der Waals surface area contributed by atoms with E-state index >= 15 is 0 Å². The van der Waals surface area contributed by atoms with Gasteiger partial charge in [0.2, 0.25) is 0 Å². The molecule has 0 bridgehead atoms. The van der Waals surface area contributed by atoms with E-state index in [9.17, 15) is 5.11 Å². The predicted molar refractivity (Wildman–Crippen MR) is 53.9 cm³/mol. The molecule has 3 unspecified atom stereocenters. The SMILES string of the molecule is OCC(O)CNCC1CCCC(O)C1. The topological polar surface area (TPSA) is 72.7 Å². The zero-order valence-corrected chi connectivity index (χ0v) is 8.52. The molecule has 1 rings (SSSR count). The summed E-state index contributed by atoms with van der Waals surface area (Å²) in [5.74, 6) is 0.518. The fourth-order valence-electron chi connectivity index (χ4n) is 1.97. The normalized spacial score (nSPS) is 30.2. The molecule has 4 nitrogen and oxygen atoms in total. The van der Waals surface area contributed by atoms with E-state index in [1.54, 1.807) is 0 Å². The molecule has 0 aromatic heterocycles. The van der Waals surface area contributed by atoms with Crippen LogP contribution in [0, 0.1) is 5.92 Å². The Hall–Kier alpha value is -0.160. The molecule has 1 aliphatic carbocycles. The van der Waals surface area contributed by atoms with Crippen molar-refractivity contribution in [1.82, 2.24) is 5.32 Å². The smallest absolute Gasteiger partial charge is 0.0894 e. The maximum atomic E-state index is 9.42. The third-order valence-electron chi connectivity index (χ3n) is 2.78. The number of rotatable bonds is 5. The van der Waals surface area contributed by atoms with Crippen molar-refractivity contribution in [3.8, 4) is 0 Å². The van der Waals surface area contributed by atoms with Crippen LogP contribution in [0.5, 0.6) is 0 Å². The summed E-state index contributed by atoms with van der Waals surface area (Å²) in [6, 6.07) is 0. The molecule has 14 heavy (non-hydrogen) atoms. The van der Waals surface area contributed by atoms with Gasteiger partial charge < -0.3 is 20.6 Å². The van der Waals surface area contributed by atoms with Crippen LogP contribution in [0.15, 0.2) is 0 Å². The molecule has 84 valence electrons. The Morgan fingerprint density at radius 3 is 2.79 bits per heavy atom. The minimum absolute atomic E-state index is 0.140. The molecule has 0 aliphatic heterocycles. The molecule has 1 saturated carbocycles. The van der Waals surface area contributed by atoms with Gasteiger partial charge in [-0.2, -0.15) is 0 Å². The van der Waals surface area contributed by atoms with Crippen molar-refractivity contribution in [1.29, 1.82) is 0 Å². The second kappa shape index (κ2) is 6.35. The van der Waals surface area contributed by atoms with E-state index in [1.165, 1.54) is 0 Å². The van der Waals surface area contributed by atoms with Crippen molar-refractivity contribution in [3.63, 3.8) is 0 Å². The van der Waals surface area contributed by atoms with Crippen molar-refractivity contribution in [3.05, 3.63) is 0 Å². The fourth-order valence-corrected chi connectivity index (χ4v) is 1.97. The Kier molecular flexibility index (Phi) is 5.40. The second-order valence-electron chi connectivity index (χ2n) is 4.18. The molecular formula is C10H21NO3. The Morgan fingerprint density at radius 2 is 2.14 bits per heavy atom. The molecule has 0 spiro atoms. The fraction of sp³-hybridized carbons (Fsp3) is 1.00. The van der Waals surface area contributed by atoms with Crippen molar-refractivity contribution >= 4 is 0 Å². The summed E-state index contributed by atoms with van der Waals surface area (Å²) >= 11 is 0. The molecule has 0 aromatic rings. The van der Waals surface area contributed by atoms with Crippen LogP contribution < -0.4 is 5.32 Å². The van der Waals surface area contributed by atoms with Gasteiger partial charge in [0.1, 0.15) is 0 Å². The summed E-state index contributed by atoms with van der Waals surface area (Å²) in [7, 11) is 0. The maximum Gasteiger partial charge on any atom is 0.0894 e. The highest BCUT2D eigenvalue weighted by Gasteiger charge is 2.19. The summed E-state index contributed by atoms with van der Waals surface area (Å²) in [4.78, 5) is 0. The number of nitrogens with one attached hydrogen (secondary N) is 1. The summed E-state index contributed by atoms with van der Waals surface area (Å²) in [6.45, 7) is 1.07. The van der Waals surface area contributed by atoms with E-state index < -0.39 is 6.10 Å². The first-order valence-electron chi connectivity index (χ1n) is 5.40. The zero-order valence-electron chi connectivity index (χ0n) is 8.52. The lowest BCUT2D eigenvalue weighted by Gasteiger charge is -2.26. The molecule has 4 N–H and O–H groups in total. The van der Waals surface area contributed by atoms with Crippen LogP contribution in [0.25, 0.3) is 0 Å². The lowest BCUT2D eigenvalue weighted by atomic mass is 9.87. The summed E-state index contributed by atoms with van der Waals surface area (Å²) < 4.78 is 0. The second-order valence-corrected chi connectivity index (χ2v) is 4.18. The minimum atomic E-state index is -0.663. The molecule has 0 radical (unpaired) electrons. The average molecular weight is 203 g/mol. The average Bonchev–Trinajstić information content (AvgIpc) is 2.17. The van der Waals surface area contributed by atoms with E-state index in [2.05, 4.69) is 5.32 Å². The third-order valence-corrected chi connectivity index (χ3v) is 2.78. The molecule has 0 saturated heterocycles. The monoisotopic (exact) mass is 203 g/mol. The van der Waals surface area contributed by atoms with Crippen molar-refractivity contribution in [2.75, 3.05) is 19.7 Å². The van der Waals surface area contributed by atoms with Crippen LogP contribution in [-0.2, 0) is 0 Å². The summed E-state index contributed by atoms with van der Waals surface area (Å²) in [5.41, 5.74) is 0. The first kappa shape index (κ1) is 11.9. The molecule has 3 atom stereocenters. The van der Waals surface area contributed by atoms with Gasteiger partial charge in [0, 0.05) is 6.54 Å². The number of aliphatic hydroxyl groups excluding tert-OH is 3. The van der Waals surface area contributed by atoms with Gasteiger partial charge in [-0.05, 0) is 31.7 Å². The number of aliphatic hydroxyl groups is 3. The highest BCUT2D eigenvalue weighted by atomic mass is 16.3. The summed E-state index contributed by atoms with van der Waals surface area (Å²) in [6.07, 6.45) is 3.23. The van der Waals surface area contributed by atoms with Crippen LogP contribution in [0.3, 0.4) is 0 Å². The molecular weight excluding hydrogens is 182 g/mol. The Morgan fingerprint density at radius 1 is 1.36 bits per heavy atom. The van der Waals surface area contributed by atoms with Gasteiger partial charge in [0.15, 0.2) is 0 Å². The number of hydrogen-bond donors (Lipinski definition) is 4. The van der Waals surface area contributed by atoms with Crippen molar-refractivity contribution < 1.29 is 15.3 Å². The zero-order chi connectivity index (χ0) is 10.4. The third kappa shape index (κ3) is 4.37. The largest absolute Gasteiger partial charge is 0.394 e. The highest BCUT2D eigenvalue weighted by Crippen LogP contribution is 2.23. The predicted octanol–water partition coefficient (Wildman–Crippen LogP) is -0.520. The van der Waals surface area contributed by atoms with Gasteiger partial charge in [-0.25, -0.2) is 0 Å². The Labute approximate surface area is 85.0 Å². The Balaban J connectivity index is 2.05. The van der Waals surface area contributed by atoms with Gasteiger partial charge in [-0.3, -0.25) is 0 Å². The molecule has 0 amide bonds. The number of hydrogen-bond acceptors (Lipinski definition) is 4. The van der Waals surface area contributed by atoms with Gasteiger partial charge in [-0.15, -0.1) is 0 Å². The quantitative estimate of drug-likeness (QED) is 0.485. The van der Waals surface area contributed by atoms with Gasteiger partial charge in [-0.1, -0.05) is 6.42 Å². The van der Waals surface area contributed by atoms with E-state index in [0.717, 1.165) is 32.2 Å². The standard InChI is InChI=1S/C10H21NO3/c12-7-10(14)6-11-5-8-2-1-3-9(13)4-8/h8-14H,1-7H2. The van der Waals surface area contributed by atoms with Crippen LogP contribution in [0.2, 0.25) is 0 Å². The van der Waals surface area contributed by atoms with Crippen molar-refractivity contribution in [2.24, 2.45) is 5.92 Å². The van der Waals surface area contributed by atoms with Gasteiger partial charge in [0.25, 0.3) is 0 Å². The molecule has 0 heterocycles. The van der Waals surface area contributed by atoms with Gasteiger partial charge >= 0.3 is 0 Å². The summed E-state index contributed by atoms with van der Waals surface area (Å²) in [5, 5.41) is 30.2. The van der Waals surface area contributed by atoms with E-state index in [-0.39, 0.29) is 12.7 Å². The lowest BCUT2D eigenvalue weighted by molar-refractivity contribution is 0.0845. The molecule has 1 aliphatic rings. The molecule has 0 aromatic carbocycles. The van der Waals surface area contributed by atoms with E-state index in [0.29, 0.717) is 12.5 Å². The first-order chi connectivity index (χ1) is 6.72. The van der Waals surface area contributed by atoms with Crippen molar-refractivity contribution in [2.45, 2.75) is 37.9 Å². The minimum Gasteiger partial charge on any atom is -0.394 e. The van der Waals surface area contributed by atoms with Crippen LogP contribution in [0.1, 0.15) is 25.7 Å². The highest BCUT2D eigenvalue weighted by molar-refractivity contribution is 4.74. The van der Waals surface area contributed by atoms with Crippen LogP contribution in [0.4, 0.5) is 0 Å². The lowest BCUT2D eigenvalue weighted by Crippen LogP contribution is -2.35. The van der Waals surface area contributed by atoms with Crippen LogP contribution >= 0.6 is 0 Å². The van der Waals surface area contributed by atoms with E-state index in [4.69, 9.17) is 10.2 Å². The first-order valence-corrected chi connectivity index (χ1v) is 5.40. The van der Waals surface area contributed by atoms with Gasteiger partial charge in [0.05, 0.1) is 18.8 Å². The van der Waals surface area contributed by atoms with Crippen LogP contribution in [-0.4, -0.2) is 47.2 Å². The maximum absolute atomic E-state index is 9.42. The Bertz CT molecular complexity index is 154. The van der Waals surface area contributed by atoms with E-state index in [1.807, 2.05) is 0 Å². The molecule has 1 fully saturated rings.